The summed E-state index contributed by atoms with van der Waals surface area (Å²) in [6.45, 7) is 2.13. The van der Waals surface area contributed by atoms with Gasteiger partial charge < -0.3 is 14.2 Å². The summed E-state index contributed by atoms with van der Waals surface area (Å²) in [4.78, 5) is 12.1. The largest absolute Gasteiger partial charge is 0.493 e. The average Bonchev–Trinajstić information content (AvgIpc) is 2.61. The molecular weight excluding hydrogens is 292 g/mol. The minimum absolute atomic E-state index is 0.262. The van der Waals surface area contributed by atoms with E-state index in [1.54, 1.807) is 20.3 Å². The maximum absolute atomic E-state index is 12.1. The molecule has 1 unspecified atom stereocenters. The van der Waals surface area contributed by atoms with Crippen LogP contribution in [0.15, 0.2) is 42.5 Å². The standard InChI is InChI=1S/C19H22O4/c1-13(14-8-6-5-7-9-14)10-15-11-17(21-2)18(22-3)12-16(15)19(20)23-4/h5-9,11-13H,10H2,1-4H3. The van der Waals surface area contributed by atoms with Gasteiger partial charge in [0.2, 0.25) is 0 Å². The Morgan fingerprint density at radius 3 is 2.17 bits per heavy atom. The number of hydrogen-bond donors (Lipinski definition) is 0. The molecule has 0 spiro atoms. The lowest BCUT2D eigenvalue weighted by Crippen LogP contribution is -2.09. The molecule has 122 valence electrons. The Bertz CT molecular complexity index is 665. The number of rotatable bonds is 6. The molecular formula is C19H22O4. The molecule has 0 amide bonds. The van der Waals surface area contributed by atoms with E-state index >= 15 is 0 Å². The average molecular weight is 314 g/mol. The first-order valence-corrected chi connectivity index (χ1v) is 7.48. The van der Waals surface area contributed by atoms with Gasteiger partial charge in [0.1, 0.15) is 0 Å². The Morgan fingerprint density at radius 2 is 1.61 bits per heavy atom. The summed E-state index contributed by atoms with van der Waals surface area (Å²) in [5, 5.41) is 0. The molecule has 0 fully saturated rings. The van der Waals surface area contributed by atoms with Gasteiger partial charge in [0, 0.05) is 0 Å². The molecule has 0 heterocycles. The van der Waals surface area contributed by atoms with Gasteiger partial charge in [-0.05, 0) is 35.6 Å². The molecule has 4 heteroatoms. The van der Waals surface area contributed by atoms with Crippen LogP contribution in [-0.2, 0) is 11.2 Å². The molecule has 0 bridgehead atoms. The van der Waals surface area contributed by atoms with Gasteiger partial charge in [0.15, 0.2) is 11.5 Å². The second-order valence-electron chi connectivity index (χ2n) is 5.37. The number of esters is 1. The number of methoxy groups -OCH3 is 3. The molecule has 0 N–H and O–H groups in total. The molecule has 2 rings (SSSR count). The van der Waals surface area contributed by atoms with Crippen molar-refractivity contribution >= 4 is 5.97 Å². The first-order chi connectivity index (χ1) is 11.1. The monoisotopic (exact) mass is 314 g/mol. The Morgan fingerprint density at radius 1 is 1.00 bits per heavy atom. The van der Waals surface area contributed by atoms with Crippen LogP contribution < -0.4 is 9.47 Å². The Labute approximate surface area is 137 Å². The fourth-order valence-corrected chi connectivity index (χ4v) is 2.62. The van der Waals surface area contributed by atoms with Crippen LogP contribution in [0.4, 0.5) is 0 Å². The summed E-state index contributed by atoms with van der Waals surface area (Å²) in [6, 6.07) is 13.7. The van der Waals surface area contributed by atoms with Gasteiger partial charge in [0.25, 0.3) is 0 Å². The molecule has 0 aliphatic rings. The lowest BCUT2D eigenvalue weighted by Gasteiger charge is -2.17. The smallest absolute Gasteiger partial charge is 0.338 e. The van der Waals surface area contributed by atoms with Crippen molar-refractivity contribution in [2.45, 2.75) is 19.3 Å². The molecule has 0 aliphatic heterocycles. The van der Waals surface area contributed by atoms with Gasteiger partial charge in [-0.25, -0.2) is 4.79 Å². The molecule has 2 aromatic rings. The topological polar surface area (TPSA) is 44.8 Å². The van der Waals surface area contributed by atoms with Crippen LogP contribution in [0.5, 0.6) is 11.5 Å². The Kier molecular flexibility index (Phi) is 5.63. The number of hydrogen-bond acceptors (Lipinski definition) is 4. The number of carbonyl (C=O) groups is 1. The van der Waals surface area contributed by atoms with Crippen LogP contribution in [0.2, 0.25) is 0 Å². The maximum Gasteiger partial charge on any atom is 0.338 e. The molecule has 4 nitrogen and oxygen atoms in total. The van der Waals surface area contributed by atoms with Crippen LogP contribution in [0.1, 0.15) is 34.3 Å². The van der Waals surface area contributed by atoms with Crippen molar-refractivity contribution in [2.24, 2.45) is 0 Å². The van der Waals surface area contributed by atoms with E-state index in [0.29, 0.717) is 23.5 Å². The predicted molar refractivity (Wildman–Crippen MR) is 89.4 cm³/mol. The molecule has 23 heavy (non-hydrogen) atoms. The molecule has 0 aliphatic carbocycles. The van der Waals surface area contributed by atoms with E-state index in [1.807, 2.05) is 24.3 Å². The Balaban J connectivity index is 2.41. The third-order valence-electron chi connectivity index (χ3n) is 3.91. The zero-order valence-corrected chi connectivity index (χ0v) is 14.0. The molecule has 0 aromatic heterocycles. The van der Waals surface area contributed by atoms with Crippen molar-refractivity contribution in [3.8, 4) is 11.5 Å². The molecule has 2 aromatic carbocycles. The second kappa shape index (κ2) is 7.68. The molecule has 0 saturated heterocycles. The summed E-state index contributed by atoms with van der Waals surface area (Å²) in [5.74, 6) is 1.01. The summed E-state index contributed by atoms with van der Waals surface area (Å²) in [7, 11) is 4.51. The third kappa shape index (κ3) is 3.83. The fraction of sp³-hybridized carbons (Fsp3) is 0.316. The zero-order valence-electron chi connectivity index (χ0n) is 14.0. The first kappa shape index (κ1) is 16.9. The summed E-state index contributed by atoms with van der Waals surface area (Å²) < 4.78 is 15.5. The van der Waals surface area contributed by atoms with Crippen LogP contribution in [0.3, 0.4) is 0 Å². The van der Waals surface area contributed by atoms with E-state index in [-0.39, 0.29) is 11.9 Å². The van der Waals surface area contributed by atoms with Gasteiger partial charge in [-0.15, -0.1) is 0 Å². The number of carbonyl (C=O) groups excluding carboxylic acids is 1. The van der Waals surface area contributed by atoms with Gasteiger partial charge in [-0.2, -0.15) is 0 Å². The SMILES string of the molecule is COC(=O)c1cc(OC)c(OC)cc1CC(C)c1ccccc1. The number of ether oxygens (including phenoxy) is 3. The van der Waals surface area contributed by atoms with Crippen LogP contribution >= 0.6 is 0 Å². The van der Waals surface area contributed by atoms with Crippen LogP contribution in [-0.4, -0.2) is 27.3 Å². The van der Waals surface area contributed by atoms with Crippen molar-refractivity contribution in [3.05, 3.63) is 59.2 Å². The predicted octanol–water partition coefficient (Wildman–Crippen LogP) is 3.84. The summed E-state index contributed by atoms with van der Waals surface area (Å²) in [5.41, 5.74) is 2.61. The first-order valence-electron chi connectivity index (χ1n) is 7.48. The minimum atomic E-state index is -0.374. The van der Waals surface area contributed by atoms with E-state index in [1.165, 1.54) is 12.7 Å². The van der Waals surface area contributed by atoms with Crippen molar-refractivity contribution in [2.75, 3.05) is 21.3 Å². The highest BCUT2D eigenvalue weighted by Gasteiger charge is 2.19. The van der Waals surface area contributed by atoms with Crippen molar-refractivity contribution in [1.29, 1.82) is 0 Å². The lowest BCUT2D eigenvalue weighted by molar-refractivity contribution is 0.0599. The number of benzene rings is 2. The fourth-order valence-electron chi connectivity index (χ4n) is 2.62. The van der Waals surface area contributed by atoms with Crippen molar-refractivity contribution in [3.63, 3.8) is 0 Å². The summed E-state index contributed by atoms with van der Waals surface area (Å²) >= 11 is 0. The Hall–Kier alpha value is -2.49. The van der Waals surface area contributed by atoms with Crippen molar-refractivity contribution in [1.82, 2.24) is 0 Å². The van der Waals surface area contributed by atoms with E-state index in [2.05, 4.69) is 19.1 Å². The highest BCUT2D eigenvalue weighted by Crippen LogP contribution is 2.33. The molecule has 0 saturated carbocycles. The van der Waals surface area contributed by atoms with Gasteiger partial charge in [0.05, 0.1) is 26.9 Å². The van der Waals surface area contributed by atoms with Gasteiger partial charge >= 0.3 is 5.97 Å². The summed E-state index contributed by atoms with van der Waals surface area (Å²) in [6.07, 6.45) is 0.703. The minimum Gasteiger partial charge on any atom is -0.493 e. The highest BCUT2D eigenvalue weighted by molar-refractivity contribution is 5.92. The quantitative estimate of drug-likeness (QED) is 0.760. The van der Waals surface area contributed by atoms with Crippen LogP contribution in [0, 0.1) is 0 Å². The van der Waals surface area contributed by atoms with Crippen molar-refractivity contribution < 1.29 is 19.0 Å². The highest BCUT2D eigenvalue weighted by atomic mass is 16.5. The zero-order chi connectivity index (χ0) is 16.8. The normalized spacial score (nSPS) is 11.7. The molecule has 1 atom stereocenters. The van der Waals surface area contributed by atoms with E-state index < -0.39 is 0 Å². The van der Waals surface area contributed by atoms with E-state index in [4.69, 9.17) is 14.2 Å². The van der Waals surface area contributed by atoms with E-state index in [9.17, 15) is 4.79 Å². The van der Waals surface area contributed by atoms with Gasteiger partial charge in [-0.3, -0.25) is 0 Å². The maximum atomic E-state index is 12.1. The second-order valence-corrected chi connectivity index (χ2v) is 5.37. The van der Waals surface area contributed by atoms with E-state index in [0.717, 1.165) is 5.56 Å². The van der Waals surface area contributed by atoms with Gasteiger partial charge in [-0.1, -0.05) is 37.3 Å². The third-order valence-corrected chi connectivity index (χ3v) is 3.91. The van der Waals surface area contributed by atoms with Crippen LogP contribution in [0.25, 0.3) is 0 Å². The lowest BCUT2D eigenvalue weighted by atomic mass is 9.91. The molecule has 0 radical (unpaired) electrons.